The second-order valence-corrected chi connectivity index (χ2v) is 8.73. The molecule has 4 heterocycles. The second-order valence-electron chi connectivity index (χ2n) is 8.73. The second kappa shape index (κ2) is 9.24. The van der Waals surface area contributed by atoms with E-state index in [-0.39, 0.29) is 17.7 Å². The molecule has 0 N–H and O–H groups in total. The Morgan fingerprint density at radius 1 is 1.03 bits per heavy atom. The first-order chi connectivity index (χ1) is 16.9. The van der Waals surface area contributed by atoms with Crippen LogP contribution in [-0.4, -0.2) is 50.6 Å². The summed E-state index contributed by atoms with van der Waals surface area (Å²) < 4.78 is 58.8. The van der Waals surface area contributed by atoms with Gasteiger partial charge in [0.1, 0.15) is 12.8 Å². The van der Waals surface area contributed by atoms with Crippen molar-refractivity contribution in [2.24, 2.45) is 5.92 Å². The Morgan fingerprint density at radius 2 is 1.80 bits per heavy atom. The SMILES string of the molecule is O=C(c1ccccc1-c1ncccn1)N1[C@H](CF)[C@@H]2CC[C@H]1[C@@H](Oc1ccc(C(F)(F)F)cn1)C2. The number of piperidine rings is 2. The van der Waals surface area contributed by atoms with Crippen molar-refractivity contribution in [1.82, 2.24) is 19.9 Å². The molecular weight excluding hydrogens is 464 g/mol. The predicted molar refractivity (Wildman–Crippen MR) is 118 cm³/mol. The van der Waals surface area contributed by atoms with Crippen molar-refractivity contribution in [1.29, 1.82) is 0 Å². The number of fused-ring (bicyclic) bond motifs is 3. The Balaban J connectivity index is 1.44. The van der Waals surface area contributed by atoms with Gasteiger partial charge in [0.05, 0.1) is 23.2 Å². The van der Waals surface area contributed by atoms with Crippen molar-refractivity contribution in [2.75, 3.05) is 6.67 Å². The molecule has 35 heavy (non-hydrogen) atoms. The van der Waals surface area contributed by atoms with Gasteiger partial charge >= 0.3 is 6.18 Å². The van der Waals surface area contributed by atoms with Crippen molar-refractivity contribution in [3.8, 4) is 17.3 Å². The number of nitrogens with zero attached hydrogens (tertiary/aromatic N) is 4. The number of hydrogen-bond donors (Lipinski definition) is 0. The van der Waals surface area contributed by atoms with Gasteiger partial charge in [-0.2, -0.15) is 13.2 Å². The third-order valence-corrected chi connectivity index (χ3v) is 6.75. The number of aromatic nitrogens is 3. The molecule has 4 atom stereocenters. The van der Waals surface area contributed by atoms with Crippen molar-refractivity contribution in [3.05, 3.63) is 72.2 Å². The maximum atomic E-state index is 14.2. The van der Waals surface area contributed by atoms with Crippen LogP contribution in [0.15, 0.2) is 61.1 Å². The van der Waals surface area contributed by atoms with Crippen LogP contribution in [0.25, 0.3) is 11.4 Å². The molecular formula is C25H22F4N4O2. The van der Waals surface area contributed by atoms with Gasteiger partial charge in [0.15, 0.2) is 5.82 Å². The van der Waals surface area contributed by atoms with E-state index in [9.17, 15) is 22.4 Å². The Kier molecular flexibility index (Phi) is 6.12. The average Bonchev–Trinajstić information content (AvgIpc) is 2.88. The molecule has 0 unspecified atom stereocenters. The molecule has 2 aromatic heterocycles. The number of benzene rings is 1. The third kappa shape index (κ3) is 4.44. The lowest BCUT2D eigenvalue weighted by Crippen LogP contribution is -2.64. The summed E-state index contributed by atoms with van der Waals surface area (Å²) in [5, 5.41) is 0. The molecule has 0 spiro atoms. The predicted octanol–water partition coefficient (Wildman–Crippen LogP) is 4.97. The number of amides is 1. The fourth-order valence-corrected chi connectivity index (χ4v) is 5.13. The van der Waals surface area contributed by atoms with E-state index < -0.39 is 36.6 Å². The summed E-state index contributed by atoms with van der Waals surface area (Å²) in [5.41, 5.74) is 0.0270. The first kappa shape index (κ1) is 23.2. The molecule has 6 nitrogen and oxygen atoms in total. The molecule has 1 aromatic carbocycles. The van der Waals surface area contributed by atoms with Gasteiger partial charge in [-0.3, -0.25) is 4.79 Å². The lowest BCUT2D eigenvalue weighted by Gasteiger charge is -2.53. The van der Waals surface area contributed by atoms with E-state index in [4.69, 9.17) is 4.74 Å². The van der Waals surface area contributed by atoms with Crippen LogP contribution in [0.4, 0.5) is 17.6 Å². The molecule has 6 rings (SSSR count). The van der Waals surface area contributed by atoms with Gasteiger partial charge in [-0.05, 0) is 43.4 Å². The van der Waals surface area contributed by atoms with E-state index in [0.29, 0.717) is 29.8 Å². The zero-order valence-corrected chi connectivity index (χ0v) is 18.5. The average molecular weight is 486 g/mol. The lowest BCUT2D eigenvalue weighted by molar-refractivity contribution is -0.137. The molecule has 1 amide bonds. The zero-order chi connectivity index (χ0) is 24.6. The van der Waals surface area contributed by atoms with E-state index >= 15 is 0 Å². The first-order valence-electron chi connectivity index (χ1n) is 11.3. The molecule has 3 aromatic rings. The van der Waals surface area contributed by atoms with Crippen LogP contribution < -0.4 is 4.74 Å². The molecule has 1 aliphatic carbocycles. The fraction of sp³-hybridized carbons (Fsp3) is 0.360. The highest BCUT2D eigenvalue weighted by Crippen LogP contribution is 2.43. The fourth-order valence-electron chi connectivity index (χ4n) is 5.13. The van der Waals surface area contributed by atoms with E-state index in [1.54, 1.807) is 47.6 Å². The molecule has 2 bridgehead atoms. The van der Waals surface area contributed by atoms with Crippen molar-refractivity contribution < 1.29 is 27.1 Å². The highest BCUT2D eigenvalue weighted by molar-refractivity contribution is 6.00. The third-order valence-electron chi connectivity index (χ3n) is 6.75. The monoisotopic (exact) mass is 486 g/mol. The maximum Gasteiger partial charge on any atom is 0.417 e. The Morgan fingerprint density at radius 3 is 2.49 bits per heavy atom. The smallest absolute Gasteiger partial charge is 0.417 e. The number of halogens is 4. The molecule has 0 radical (unpaired) electrons. The normalized spacial score (nSPS) is 23.8. The summed E-state index contributed by atoms with van der Waals surface area (Å²) in [7, 11) is 0. The van der Waals surface area contributed by atoms with Crippen LogP contribution >= 0.6 is 0 Å². The zero-order valence-electron chi connectivity index (χ0n) is 18.5. The van der Waals surface area contributed by atoms with Gasteiger partial charge in [-0.1, -0.05) is 18.2 Å². The molecule has 2 saturated heterocycles. The minimum Gasteiger partial charge on any atom is -0.472 e. The molecule has 3 aliphatic rings. The quantitative estimate of drug-likeness (QED) is 0.477. The Hall–Kier alpha value is -3.56. The van der Waals surface area contributed by atoms with E-state index in [1.165, 1.54) is 6.07 Å². The number of hydrogen-bond acceptors (Lipinski definition) is 5. The summed E-state index contributed by atoms with van der Waals surface area (Å²) in [4.78, 5) is 27.7. The number of alkyl halides is 4. The van der Waals surface area contributed by atoms with Gasteiger partial charge in [0.25, 0.3) is 5.91 Å². The summed E-state index contributed by atoms with van der Waals surface area (Å²) in [6, 6.07) is 9.63. The number of carbonyl (C=O) groups excluding carboxylic acids is 1. The van der Waals surface area contributed by atoms with Crippen molar-refractivity contribution in [2.45, 2.75) is 43.6 Å². The lowest BCUT2D eigenvalue weighted by atomic mass is 9.72. The van der Waals surface area contributed by atoms with Crippen LogP contribution in [0.3, 0.4) is 0 Å². The molecule has 2 aliphatic heterocycles. The minimum atomic E-state index is -4.50. The maximum absolute atomic E-state index is 14.2. The number of ether oxygens (including phenoxy) is 1. The molecule has 10 heteroatoms. The van der Waals surface area contributed by atoms with Gasteiger partial charge in [0, 0.05) is 30.2 Å². The largest absolute Gasteiger partial charge is 0.472 e. The van der Waals surface area contributed by atoms with Crippen molar-refractivity contribution in [3.63, 3.8) is 0 Å². The van der Waals surface area contributed by atoms with Gasteiger partial charge in [-0.15, -0.1) is 0 Å². The summed E-state index contributed by atoms with van der Waals surface area (Å²) in [6.45, 7) is -0.692. The summed E-state index contributed by atoms with van der Waals surface area (Å²) in [6.07, 6.45) is 0.715. The molecule has 1 saturated carbocycles. The standard InChI is InChI=1S/C25H22F4N4O2/c26-13-20-15-6-8-19(21(12-15)35-22-9-7-16(14-32-22)25(27,28)29)33(20)24(34)18-5-2-1-4-17(18)23-30-10-3-11-31-23/h1-5,7,9-11,14-15,19-21H,6,8,12-13H2/t15-,19+,20-,21+/m1/s1. The van der Waals surface area contributed by atoms with Crippen LogP contribution in [0.1, 0.15) is 35.2 Å². The van der Waals surface area contributed by atoms with Crippen molar-refractivity contribution >= 4 is 5.91 Å². The number of rotatable bonds is 5. The minimum absolute atomic E-state index is 0.0397. The highest BCUT2D eigenvalue weighted by Gasteiger charge is 2.50. The van der Waals surface area contributed by atoms with Crippen LogP contribution in [-0.2, 0) is 6.18 Å². The first-order valence-corrected chi connectivity index (χ1v) is 11.3. The number of pyridine rings is 1. The van der Waals surface area contributed by atoms with Gasteiger partial charge < -0.3 is 9.64 Å². The summed E-state index contributed by atoms with van der Waals surface area (Å²) in [5.74, 6) is -0.0531. The van der Waals surface area contributed by atoms with Crippen LogP contribution in [0.2, 0.25) is 0 Å². The number of carbonyl (C=O) groups is 1. The van der Waals surface area contributed by atoms with E-state index in [1.807, 2.05) is 0 Å². The summed E-state index contributed by atoms with van der Waals surface area (Å²) >= 11 is 0. The Bertz CT molecular complexity index is 1190. The molecule has 3 fully saturated rings. The van der Waals surface area contributed by atoms with Gasteiger partial charge in [-0.25, -0.2) is 19.3 Å². The van der Waals surface area contributed by atoms with Crippen LogP contribution in [0.5, 0.6) is 5.88 Å². The topological polar surface area (TPSA) is 68.2 Å². The van der Waals surface area contributed by atoms with E-state index in [0.717, 1.165) is 18.7 Å². The highest BCUT2D eigenvalue weighted by atomic mass is 19.4. The van der Waals surface area contributed by atoms with E-state index in [2.05, 4.69) is 15.0 Å². The van der Waals surface area contributed by atoms with Gasteiger partial charge in [0.2, 0.25) is 5.88 Å². The Labute approximate surface area is 199 Å². The molecule has 182 valence electrons. The van der Waals surface area contributed by atoms with Crippen LogP contribution in [0, 0.1) is 5.92 Å².